The number of nitrogens with zero attached hydrogens (tertiary/aromatic N) is 1. The van der Waals surface area contributed by atoms with Gasteiger partial charge >= 0.3 is 0 Å². The molecule has 4 rings (SSSR count). The quantitative estimate of drug-likeness (QED) is 0.377. The summed E-state index contributed by atoms with van der Waals surface area (Å²) in [6, 6.07) is 17.9. The first-order valence-corrected chi connectivity index (χ1v) is 11.9. The Kier molecular flexibility index (Phi) is 7.92. The maximum Gasteiger partial charge on any atom is 0.293 e. The molecule has 0 atom stereocenters. The molecule has 1 N–H and O–H groups in total. The second kappa shape index (κ2) is 11.3. The summed E-state index contributed by atoms with van der Waals surface area (Å²) >= 11 is 6.80. The van der Waals surface area contributed by atoms with Crippen molar-refractivity contribution in [2.24, 2.45) is 0 Å². The van der Waals surface area contributed by atoms with E-state index in [-0.39, 0.29) is 34.6 Å². The Morgan fingerprint density at radius 3 is 2.56 bits per heavy atom. The lowest BCUT2D eigenvalue weighted by Crippen LogP contribution is -2.28. The van der Waals surface area contributed by atoms with Crippen LogP contribution in [-0.4, -0.2) is 35.7 Å². The van der Waals surface area contributed by atoms with Crippen molar-refractivity contribution in [1.29, 1.82) is 0 Å². The Balaban J connectivity index is 1.36. The topological polar surface area (TPSA) is 84.9 Å². The molecule has 1 aliphatic heterocycles. The first-order chi connectivity index (χ1) is 17.4. The molecule has 1 aliphatic rings. The Labute approximate surface area is 215 Å². The summed E-state index contributed by atoms with van der Waals surface area (Å²) in [5.74, 6) is -0.483. The summed E-state index contributed by atoms with van der Waals surface area (Å²) in [7, 11) is 1.52. The molecular formula is C26H20ClFN2O5S. The SMILES string of the molecule is COc1ccccc1NC(=O)COc1ccc(/C=C2\SC(=O)N(Cc3c(F)cccc3Cl)C2=O)cc1. The summed E-state index contributed by atoms with van der Waals surface area (Å²) in [4.78, 5) is 38.5. The van der Waals surface area contributed by atoms with Gasteiger partial charge < -0.3 is 14.8 Å². The zero-order valence-corrected chi connectivity index (χ0v) is 20.6. The Morgan fingerprint density at radius 2 is 1.83 bits per heavy atom. The molecule has 36 heavy (non-hydrogen) atoms. The Bertz CT molecular complexity index is 1330. The van der Waals surface area contributed by atoms with Crippen molar-refractivity contribution in [3.8, 4) is 11.5 Å². The number of nitrogens with one attached hydrogen (secondary N) is 1. The number of anilines is 1. The van der Waals surface area contributed by atoms with E-state index in [1.807, 2.05) is 0 Å². The Hall–Kier alpha value is -3.82. The van der Waals surface area contributed by atoms with Gasteiger partial charge in [-0.25, -0.2) is 4.39 Å². The number of hydrogen-bond donors (Lipinski definition) is 1. The molecule has 0 aliphatic carbocycles. The second-order valence-corrected chi connectivity index (χ2v) is 8.97. The number of halogens is 2. The number of imide groups is 1. The summed E-state index contributed by atoms with van der Waals surface area (Å²) in [6.45, 7) is -0.466. The van der Waals surface area contributed by atoms with Crippen LogP contribution >= 0.6 is 23.4 Å². The van der Waals surface area contributed by atoms with Crippen molar-refractivity contribution < 1.29 is 28.2 Å². The number of benzene rings is 3. The van der Waals surface area contributed by atoms with Crippen LogP contribution in [0.4, 0.5) is 14.9 Å². The zero-order valence-electron chi connectivity index (χ0n) is 19.0. The zero-order chi connectivity index (χ0) is 25.7. The number of carbonyl (C=O) groups is 3. The van der Waals surface area contributed by atoms with E-state index in [1.165, 1.54) is 25.3 Å². The predicted octanol–water partition coefficient (Wildman–Crippen LogP) is 5.74. The van der Waals surface area contributed by atoms with E-state index < -0.39 is 17.0 Å². The molecule has 0 saturated carbocycles. The van der Waals surface area contributed by atoms with Gasteiger partial charge in [0.05, 0.1) is 24.2 Å². The molecule has 184 valence electrons. The smallest absolute Gasteiger partial charge is 0.293 e. The number of rotatable bonds is 8. The monoisotopic (exact) mass is 526 g/mol. The lowest BCUT2D eigenvalue weighted by Gasteiger charge is -2.14. The molecule has 10 heteroatoms. The van der Waals surface area contributed by atoms with Gasteiger partial charge in [0.25, 0.3) is 17.1 Å². The fraction of sp³-hybridized carbons (Fsp3) is 0.115. The number of thioether (sulfide) groups is 1. The van der Waals surface area contributed by atoms with Crippen LogP contribution in [-0.2, 0) is 16.1 Å². The van der Waals surface area contributed by atoms with Gasteiger partial charge in [0, 0.05) is 10.6 Å². The molecular weight excluding hydrogens is 507 g/mol. The van der Waals surface area contributed by atoms with Crippen LogP contribution in [0.2, 0.25) is 5.02 Å². The van der Waals surface area contributed by atoms with Crippen LogP contribution in [0.15, 0.2) is 71.6 Å². The normalized spacial score (nSPS) is 14.3. The average Bonchev–Trinajstić information content (AvgIpc) is 3.13. The molecule has 0 bridgehead atoms. The van der Waals surface area contributed by atoms with Crippen molar-refractivity contribution in [3.63, 3.8) is 0 Å². The van der Waals surface area contributed by atoms with E-state index >= 15 is 0 Å². The number of para-hydroxylation sites is 2. The Morgan fingerprint density at radius 1 is 1.08 bits per heavy atom. The lowest BCUT2D eigenvalue weighted by molar-refractivity contribution is -0.123. The van der Waals surface area contributed by atoms with E-state index in [2.05, 4.69) is 5.32 Å². The standard InChI is InChI=1S/C26H20ClFN2O5S/c1-34-22-8-3-2-7-21(22)29-24(31)15-35-17-11-9-16(10-12-17)13-23-25(32)30(26(33)36-23)14-18-19(27)5-4-6-20(18)28/h2-13H,14-15H2,1H3,(H,29,31)/b23-13-. The molecule has 1 heterocycles. The molecule has 0 unspecified atom stereocenters. The molecule has 0 aromatic heterocycles. The van der Waals surface area contributed by atoms with Crippen molar-refractivity contribution in [2.75, 3.05) is 19.0 Å². The summed E-state index contributed by atoms with van der Waals surface area (Å²) in [5, 5.41) is 2.36. The van der Waals surface area contributed by atoms with Crippen molar-refractivity contribution in [1.82, 2.24) is 4.90 Å². The summed E-state index contributed by atoms with van der Waals surface area (Å²) < 4.78 is 24.8. The number of hydrogen-bond acceptors (Lipinski definition) is 6. The highest BCUT2D eigenvalue weighted by molar-refractivity contribution is 8.18. The molecule has 3 aromatic carbocycles. The van der Waals surface area contributed by atoms with Crippen LogP contribution in [0, 0.1) is 5.82 Å². The van der Waals surface area contributed by atoms with Crippen LogP contribution in [0.3, 0.4) is 0 Å². The van der Waals surface area contributed by atoms with E-state index in [1.54, 1.807) is 54.6 Å². The van der Waals surface area contributed by atoms with Gasteiger partial charge in [-0.1, -0.05) is 41.9 Å². The van der Waals surface area contributed by atoms with Gasteiger partial charge in [0.1, 0.15) is 17.3 Å². The molecule has 3 aromatic rings. The number of amides is 3. The van der Waals surface area contributed by atoms with Crippen LogP contribution in [0.25, 0.3) is 6.08 Å². The van der Waals surface area contributed by atoms with Gasteiger partial charge in [-0.05, 0) is 59.8 Å². The van der Waals surface area contributed by atoms with Gasteiger partial charge in [0.2, 0.25) is 0 Å². The largest absolute Gasteiger partial charge is 0.495 e. The van der Waals surface area contributed by atoms with Crippen molar-refractivity contribution in [2.45, 2.75) is 6.54 Å². The van der Waals surface area contributed by atoms with E-state index in [0.29, 0.717) is 22.7 Å². The molecule has 0 spiro atoms. The maximum absolute atomic E-state index is 14.1. The molecule has 3 amide bonds. The minimum absolute atomic E-state index is 0.0824. The highest BCUT2D eigenvalue weighted by Gasteiger charge is 2.35. The predicted molar refractivity (Wildman–Crippen MR) is 136 cm³/mol. The fourth-order valence-corrected chi connectivity index (χ4v) is 4.43. The molecule has 1 fully saturated rings. The van der Waals surface area contributed by atoms with Gasteiger partial charge in [-0.2, -0.15) is 0 Å². The summed E-state index contributed by atoms with van der Waals surface area (Å²) in [5.41, 5.74) is 1.27. The highest BCUT2D eigenvalue weighted by atomic mass is 35.5. The number of carbonyl (C=O) groups excluding carboxylic acids is 3. The third-order valence-corrected chi connectivity index (χ3v) is 6.44. The maximum atomic E-state index is 14.1. The van der Waals surface area contributed by atoms with Gasteiger partial charge in [-0.3, -0.25) is 19.3 Å². The van der Waals surface area contributed by atoms with Crippen LogP contribution in [0.5, 0.6) is 11.5 Å². The van der Waals surface area contributed by atoms with E-state index in [9.17, 15) is 18.8 Å². The first kappa shape index (κ1) is 25.3. The van der Waals surface area contributed by atoms with Crippen molar-refractivity contribution >= 4 is 52.2 Å². The van der Waals surface area contributed by atoms with Crippen LogP contribution < -0.4 is 14.8 Å². The van der Waals surface area contributed by atoms with Gasteiger partial charge in [0.15, 0.2) is 6.61 Å². The minimum Gasteiger partial charge on any atom is -0.495 e. The third kappa shape index (κ3) is 5.87. The van der Waals surface area contributed by atoms with Crippen LogP contribution in [0.1, 0.15) is 11.1 Å². The fourth-order valence-electron chi connectivity index (χ4n) is 3.37. The highest BCUT2D eigenvalue weighted by Crippen LogP contribution is 2.34. The second-order valence-electron chi connectivity index (χ2n) is 7.57. The average molecular weight is 527 g/mol. The van der Waals surface area contributed by atoms with Gasteiger partial charge in [-0.15, -0.1) is 0 Å². The molecule has 0 radical (unpaired) electrons. The number of ether oxygens (including phenoxy) is 2. The number of methoxy groups -OCH3 is 1. The summed E-state index contributed by atoms with van der Waals surface area (Å²) in [6.07, 6.45) is 1.56. The van der Waals surface area contributed by atoms with E-state index in [4.69, 9.17) is 21.1 Å². The van der Waals surface area contributed by atoms with E-state index in [0.717, 1.165) is 16.7 Å². The first-order valence-electron chi connectivity index (χ1n) is 10.7. The third-order valence-electron chi connectivity index (χ3n) is 5.18. The molecule has 1 saturated heterocycles. The molecule has 7 nitrogen and oxygen atoms in total. The minimum atomic E-state index is -0.585. The van der Waals surface area contributed by atoms with Crippen molar-refractivity contribution in [3.05, 3.63) is 93.6 Å². The lowest BCUT2D eigenvalue weighted by atomic mass is 10.2.